The molecule has 0 bridgehead atoms. The van der Waals surface area contributed by atoms with Gasteiger partial charge >= 0.3 is 5.76 Å². The molecule has 0 unspecified atom stereocenters. The van der Waals surface area contributed by atoms with Gasteiger partial charge in [-0.2, -0.15) is 0 Å². The van der Waals surface area contributed by atoms with E-state index in [0.29, 0.717) is 23.3 Å². The second-order valence-electron chi connectivity index (χ2n) is 4.38. The van der Waals surface area contributed by atoms with Crippen molar-refractivity contribution in [3.8, 4) is 0 Å². The molecule has 1 amide bonds. The van der Waals surface area contributed by atoms with Crippen LogP contribution in [-0.4, -0.2) is 17.0 Å². The summed E-state index contributed by atoms with van der Waals surface area (Å²) in [5.41, 5.74) is 7.10. The van der Waals surface area contributed by atoms with Crippen molar-refractivity contribution in [3.63, 3.8) is 0 Å². The van der Waals surface area contributed by atoms with Crippen LogP contribution in [0.15, 0.2) is 27.4 Å². The lowest BCUT2D eigenvalue weighted by atomic mass is 10.3. The van der Waals surface area contributed by atoms with E-state index in [1.54, 1.807) is 18.2 Å². The van der Waals surface area contributed by atoms with Gasteiger partial charge in [0.05, 0.1) is 5.52 Å². The molecule has 1 aromatic heterocycles. The summed E-state index contributed by atoms with van der Waals surface area (Å²) in [6.07, 6.45) is 1.93. The third-order valence-electron chi connectivity index (χ3n) is 2.85. The van der Waals surface area contributed by atoms with Crippen molar-refractivity contribution in [3.05, 3.63) is 28.7 Å². The Hall–Kier alpha value is -2.24. The highest BCUT2D eigenvalue weighted by Crippen LogP contribution is 2.15. The van der Waals surface area contributed by atoms with Gasteiger partial charge in [-0.05, 0) is 18.6 Å². The van der Waals surface area contributed by atoms with Crippen molar-refractivity contribution in [2.24, 2.45) is 0 Å². The van der Waals surface area contributed by atoms with Crippen LogP contribution in [0.25, 0.3) is 11.1 Å². The Morgan fingerprint density at radius 3 is 3.00 bits per heavy atom. The highest BCUT2D eigenvalue weighted by molar-refractivity contribution is 5.81. The van der Waals surface area contributed by atoms with E-state index >= 15 is 0 Å². The third kappa shape index (κ3) is 2.96. The van der Waals surface area contributed by atoms with E-state index in [0.717, 1.165) is 12.8 Å². The monoisotopic (exact) mass is 263 g/mol. The van der Waals surface area contributed by atoms with Crippen LogP contribution in [0.4, 0.5) is 5.69 Å². The molecule has 0 aliphatic rings. The van der Waals surface area contributed by atoms with Gasteiger partial charge in [0.2, 0.25) is 5.91 Å². The van der Waals surface area contributed by atoms with E-state index in [1.807, 2.05) is 6.92 Å². The first kappa shape index (κ1) is 13.2. The minimum Gasteiger partial charge on any atom is -0.408 e. The zero-order chi connectivity index (χ0) is 13.8. The number of nitrogens with zero attached hydrogens (tertiary/aromatic N) is 1. The quantitative estimate of drug-likeness (QED) is 0.624. The van der Waals surface area contributed by atoms with E-state index in [9.17, 15) is 9.59 Å². The molecule has 0 saturated carbocycles. The van der Waals surface area contributed by atoms with Gasteiger partial charge in [0.15, 0.2) is 5.58 Å². The second kappa shape index (κ2) is 5.60. The number of oxazole rings is 1. The van der Waals surface area contributed by atoms with Crippen LogP contribution >= 0.6 is 0 Å². The summed E-state index contributed by atoms with van der Waals surface area (Å²) >= 11 is 0. The van der Waals surface area contributed by atoms with Crippen molar-refractivity contribution in [1.29, 1.82) is 0 Å². The standard InChI is InChI=1S/C13H17N3O3/c1-2-3-6-15-12(17)8-16-10-5-4-9(14)7-11(10)19-13(16)18/h4-5,7H,2-3,6,8,14H2,1H3,(H,15,17). The molecule has 2 rings (SSSR count). The molecule has 1 aromatic carbocycles. The van der Waals surface area contributed by atoms with E-state index in [2.05, 4.69) is 5.32 Å². The predicted molar refractivity (Wildman–Crippen MR) is 72.8 cm³/mol. The third-order valence-corrected chi connectivity index (χ3v) is 2.85. The van der Waals surface area contributed by atoms with Crippen LogP contribution in [0.3, 0.4) is 0 Å². The molecule has 0 atom stereocenters. The van der Waals surface area contributed by atoms with E-state index < -0.39 is 5.76 Å². The number of fused-ring (bicyclic) bond motifs is 1. The van der Waals surface area contributed by atoms with Crippen LogP contribution in [0, 0.1) is 0 Å². The Morgan fingerprint density at radius 1 is 1.47 bits per heavy atom. The number of carbonyl (C=O) groups is 1. The van der Waals surface area contributed by atoms with Gasteiger partial charge in [0.25, 0.3) is 0 Å². The van der Waals surface area contributed by atoms with Crippen LogP contribution in [0.1, 0.15) is 19.8 Å². The minimum atomic E-state index is -0.550. The zero-order valence-electron chi connectivity index (χ0n) is 10.8. The van der Waals surface area contributed by atoms with Crippen molar-refractivity contribution < 1.29 is 9.21 Å². The summed E-state index contributed by atoms with van der Waals surface area (Å²) in [6, 6.07) is 4.92. The number of nitrogens with one attached hydrogen (secondary N) is 1. The van der Waals surface area contributed by atoms with Crippen LogP contribution in [-0.2, 0) is 11.3 Å². The number of rotatable bonds is 5. The van der Waals surface area contributed by atoms with Crippen molar-refractivity contribution in [1.82, 2.24) is 9.88 Å². The summed E-state index contributed by atoms with van der Waals surface area (Å²) in [5.74, 6) is -0.749. The number of nitrogen functional groups attached to an aromatic ring is 1. The number of amides is 1. The largest absolute Gasteiger partial charge is 0.420 e. The number of unbranched alkanes of at least 4 members (excludes halogenated alkanes) is 1. The number of carbonyl (C=O) groups excluding carboxylic acids is 1. The summed E-state index contributed by atoms with van der Waals surface area (Å²) in [4.78, 5) is 23.4. The molecule has 19 heavy (non-hydrogen) atoms. The highest BCUT2D eigenvalue weighted by atomic mass is 16.4. The summed E-state index contributed by atoms with van der Waals surface area (Å²) in [7, 11) is 0. The van der Waals surface area contributed by atoms with E-state index in [-0.39, 0.29) is 12.5 Å². The van der Waals surface area contributed by atoms with Crippen molar-refractivity contribution >= 4 is 22.7 Å². The Balaban J connectivity index is 2.18. The molecule has 0 saturated heterocycles. The van der Waals surface area contributed by atoms with Gasteiger partial charge in [-0.25, -0.2) is 4.79 Å². The van der Waals surface area contributed by atoms with Crippen molar-refractivity contribution in [2.75, 3.05) is 12.3 Å². The molecule has 6 heteroatoms. The molecule has 0 fully saturated rings. The van der Waals surface area contributed by atoms with Gasteiger partial charge in [-0.15, -0.1) is 0 Å². The number of anilines is 1. The number of nitrogens with two attached hydrogens (primary N) is 1. The molecule has 102 valence electrons. The molecule has 1 heterocycles. The lowest BCUT2D eigenvalue weighted by Crippen LogP contribution is -2.31. The maximum atomic E-state index is 11.7. The van der Waals surface area contributed by atoms with Crippen LogP contribution in [0.2, 0.25) is 0 Å². The maximum Gasteiger partial charge on any atom is 0.420 e. The molecule has 3 N–H and O–H groups in total. The number of aromatic nitrogens is 1. The van der Waals surface area contributed by atoms with Gasteiger partial charge in [0, 0.05) is 18.3 Å². The molecular formula is C13H17N3O3. The lowest BCUT2D eigenvalue weighted by Gasteiger charge is -2.04. The summed E-state index contributed by atoms with van der Waals surface area (Å²) in [6.45, 7) is 2.62. The fraction of sp³-hybridized carbons (Fsp3) is 0.385. The van der Waals surface area contributed by atoms with Crippen LogP contribution in [0.5, 0.6) is 0 Å². The first-order valence-corrected chi connectivity index (χ1v) is 6.27. The van der Waals surface area contributed by atoms with E-state index in [4.69, 9.17) is 10.2 Å². The molecule has 0 spiro atoms. The normalized spacial score (nSPS) is 10.8. The average Bonchev–Trinajstić information content (AvgIpc) is 2.65. The highest BCUT2D eigenvalue weighted by Gasteiger charge is 2.12. The summed E-state index contributed by atoms with van der Waals surface area (Å²) in [5, 5.41) is 2.76. The maximum absolute atomic E-state index is 11.7. The summed E-state index contributed by atoms with van der Waals surface area (Å²) < 4.78 is 6.36. The Bertz CT molecular complexity index is 642. The molecule has 0 aliphatic heterocycles. The predicted octanol–water partition coefficient (Wildman–Crippen LogP) is 1.09. The van der Waals surface area contributed by atoms with Gasteiger partial charge < -0.3 is 15.5 Å². The fourth-order valence-corrected chi connectivity index (χ4v) is 1.84. The number of hydrogen-bond donors (Lipinski definition) is 2. The van der Waals surface area contributed by atoms with E-state index in [1.165, 1.54) is 4.57 Å². The first-order chi connectivity index (χ1) is 9.11. The molecule has 2 aromatic rings. The number of hydrogen-bond acceptors (Lipinski definition) is 4. The first-order valence-electron chi connectivity index (χ1n) is 6.27. The number of benzene rings is 1. The topological polar surface area (TPSA) is 90.3 Å². The Morgan fingerprint density at radius 2 is 2.26 bits per heavy atom. The van der Waals surface area contributed by atoms with Crippen molar-refractivity contribution in [2.45, 2.75) is 26.3 Å². The average molecular weight is 263 g/mol. The van der Waals surface area contributed by atoms with Gasteiger partial charge in [-0.3, -0.25) is 9.36 Å². The Labute approximate surface area is 110 Å². The van der Waals surface area contributed by atoms with Gasteiger partial charge in [0.1, 0.15) is 6.54 Å². The molecule has 0 radical (unpaired) electrons. The Kier molecular flexibility index (Phi) is 3.89. The zero-order valence-corrected chi connectivity index (χ0v) is 10.8. The molecule has 6 nitrogen and oxygen atoms in total. The van der Waals surface area contributed by atoms with Gasteiger partial charge in [-0.1, -0.05) is 13.3 Å². The molecule has 0 aliphatic carbocycles. The minimum absolute atomic E-state index is 0.0422. The lowest BCUT2D eigenvalue weighted by molar-refractivity contribution is -0.121. The molecular weight excluding hydrogens is 246 g/mol. The van der Waals surface area contributed by atoms with Crippen LogP contribution < -0.4 is 16.8 Å². The SMILES string of the molecule is CCCCNC(=O)Cn1c(=O)oc2cc(N)ccc21. The fourth-order valence-electron chi connectivity index (χ4n) is 1.84. The second-order valence-corrected chi connectivity index (χ2v) is 4.38. The smallest absolute Gasteiger partial charge is 0.408 e.